The van der Waals surface area contributed by atoms with Gasteiger partial charge in [-0.05, 0) is 13.0 Å². The summed E-state index contributed by atoms with van der Waals surface area (Å²) in [5.41, 5.74) is 1.41. The fraction of sp³-hybridized carbons (Fsp3) is 0.400. The molecule has 1 fully saturated rings. The molecule has 1 saturated heterocycles. The Bertz CT molecular complexity index is 800. The van der Waals surface area contributed by atoms with E-state index in [1.807, 2.05) is 0 Å². The van der Waals surface area contributed by atoms with Crippen molar-refractivity contribution in [1.29, 1.82) is 0 Å². The zero-order valence-corrected chi connectivity index (χ0v) is 14.5. The number of hydrogen-bond donors (Lipinski definition) is 5. The van der Waals surface area contributed by atoms with Crippen LogP contribution in [0.2, 0.25) is 5.02 Å². The van der Waals surface area contributed by atoms with E-state index in [2.05, 4.69) is 35.8 Å². The van der Waals surface area contributed by atoms with E-state index in [1.165, 1.54) is 0 Å². The van der Waals surface area contributed by atoms with E-state index < -0.39 is 0 Å². The van der Waals surface area contributed by atoms with Crippen molar-refractivity contribution in [2.45, 2.75) is 6.42 Å². The zero-order chi connectivity index (χ0) is 17.6. The molecule has 25 heavy (non-hydrogen) atoms. The molecule has 0 spiro atoms. The molecule has 1 atom stereocenters. The monoisotopic (exact) mass is 365 g/mol. The van der Waals surface area contributed by atoms with E-state index in [1.54, 1.807) is 18.6 Å². The normalized spacial score (nSPS) is 16.5. The van der Waals surface area contributed by atoms with E-state index in [4.69, 9.17) is 21.4 Å². The molecule has 4 heterocycles. The number of nitrogens with one attached hydrogen (secondary N) is 4. The van der Waals surface area contributed by atoms with Crippen LogP contribution in [0.4, 0.5) is 11.6 Å². The highest BCUT2D eigenvalue weighted by Crippen LogP contribution is 2.31. The zero-order valence-electron chi connectivity index (χ0n) is 13.7. The van der Waals surface area contributed by atoms with Crippen LogP contribution in [0.25, 0.3) is 11.0 Å². The van der Waals surface area contributed by atoms with Gasteiger partial charge in [0.15, 0.2) is 0 Å². The topological polar surface area (TPSA) is 124 Å². The average molecular weight is 366 g/mol. The minimum atomic E-state index is 0.428. The molecule has 10 heteroatoms. The smallest absolute Gasteiger partial charge is 0.232 e. The number of rotatable bonds is 5. The van der Waals surface area contributed by atoms with Crippen LogP contribution in [-0.2, 0) is 0 Å². The molecule has 4 rings (SSSR count). The second-order valence-electron chi connectivity index (χ2n) is 5.49. The number of halogens is 1. The first-order chi connectivity index (χ1) is 12.3. The maximum absolute atomic E-state index is 7.00. The van der Waals surface area contributed by atoms with Gasteiger partial charge in [-0.1, -0.05) is 11.6 Å². The molecule has 1 aliphatic heterocycles. The first kappa shape index (κ1) is 17.5. The summed E-state index contributed by atoms with van der Waals surface area (Å²) >= 11 is 6.23. The summed E-state index contributed by atoms with van der Waals surface area (Å²) in [6.07, 6.45) is 6.17. The van der Waals surface area contributed by atoms with Gasteiger partial charge < -0.3 is 25.5 Å². The van der Waals surface area contributed by atoms with Crippen molar-refractivity contribution < 1.29 is 9.84 Å². The second kappa shape index (κ2) is 8.15. The van der Waals surface area contributed by atoms with E-state index in [9.17, 15) is 0 Å². The molecule has 3 aromatic rings. The predicted octanol–water partition coefficient (Wildman–Crippen LogP) is 1.67. The van der Waals surface area contributed by atoms with Crippen molar-refractivity contribution in [1.82, 2.24) is 30.5 Å². The molecular weight excluding hydrogens is 346 g/mol. The van der Waals surface area contributed by atoms with Gasteiger partial charge in [0.25, 0.3) is 0 Å². The average Bonchev–Trinajstić information content (AvgIpc) is 3.38. The van der Waals surface area contributed by atoms with Crippen LogP contribution < -0.4 is 15.4 Å². The predicted molar refractivity (Wildman–Crippen MR) is 95.4 cm³/mol. The Morgan fingerprint density at radius 1 is 1.36 bits per heavy atom. The summed E-state index contributed by atoms with van der Waals surface area (Å²) in [6.45, 7) is 2.60. The minimum absolute atomic E-state index is 0.428. The maximum Gasteiger partial charge on any atom is 0.232 e. The van der Waals surface area contributed by atoms with Crippen LogP contribution >= 0.6 is 11.6 Å². The summed E-state index contributed by atoms with van der Waals surface area (Å²) in [4.78, 5) is 11.9. The molecule has 9 nitrogen and oxygen atoms in total. The summed E-state index contributed by atoms with van der Waals surface area (Å²) in [5.74, 6) is 1.40. The highest BCUT2D eigenvalue weighted by atomic mass is 35.5. The van der Waals surface area contributed by atoms with Gasteiger partial charge >= 0.3 is 0 Å². The number of aromatic nitrogens is 5. The largest absolute Gasteiger partial charge is 0.477 e. The lowest BCUT2D eigenvalue weighted by molar-refractivity contribution is 0.254. The first-order valence-electron chi connectivity index (χ1n) is 7.88. The summed E-state index contributed by atoms with van der Waals surface area (Å²) in [7, 11) is 1.00. The van der Waals surface area contributed by atoms with Gasteiger partial charge in [-0.2, -0.15) is 15.1 Å². The van der Waals surface area contributed by atoms with Gasteiger partial charge in [0.1, 0.15) is 5.65 Å². The lowest BCUT2D eigenvalue weighted by atomic mass is 10.1. The molecule has 0 aromatic carbocycles. The SMILES string of the molecule is CO.Clc1c[nH]c2nc(Nc3cn[nH]c3)nc(OCC3CCNC3)c12. The number of aliphatic hydroxyl groups excluding tert-OH is 1. The Hall–Kier alpha value is -2.36. The van der Waals surface area contributed by atoms with Crippen molar-refractivity contribution in [2.75, 3.05) is 32.1 Å². The highest BCUT2D eigenvalue weighted by Gasteiger charge is 2.19. The molecule has 0 aliphatic carbocycles. The van der Waals surface area contributed by atoms with Gasteiger partial charge in [-0.25, -0.2) is 0 Å². The van der Waals surface area contributed by atoms with Gasteiger partial charge in [0, 0.05) is 32.0 Å². The van der Waals surface area contributed by atoms with Crippen LogP contribution in [0.15, 0.2) is 18.6 Å². The van der Waals surface area contributed by atoms with Crippen molar-refractivity contribution in [2.24, 2.45) is 5.92 Å². The summed E-state index contributed by atoms with van der Waals surface area (Å²) in [6, 6.07) is 0. The fourth-order valence-electron chi connectivity index (χ4n) is 2.63. The molecule has 0 saturated carbocycles. The van der Waals surface area contributed by atoms with E-state index in [-0.39, 0.29) is 0 Å². The van der Waals surface area contributed by atoms with E-state index in [0.717, 1.165) is 32.3 Å². The number of aliphatic hydroxyl groups is 1. The molecule has 0 amide bonds. The van der Waals surface area contributed by atoms with E-state index in [0.29, 0.717) is 40.4 Å². The Balaban J connectivity index is 0.000000880. The van der Waals surface area contributed by atoms with Crippen LogP contribution in [0.5, 0.6) is 5.88 Å². The van der Waals surface area contributed by atoms with E-state index >= 15 is 0 Å². The lowest BCUT2D eigenvalue weighted by Gasteiger charge is -2.12. The molecule has 5 N–H and O–H groups in total. The van der Waals surface area contributed by atoms with Crippen LogP contribution in [0.3, 0.4) is 0 Å². The van der Waals surface area contributed by atoms with Crippen molar-refractivity contribution in [3.63, 3.8) is 0 Å². The second-order valence-corrected chi connectivity index (χ2v) is 5.90. The van der Waals surface area contributed by atoms with Crippen LogP contribution in [0.1, 0.15) is 6.42 Å². The van der Waals surface area contributed by atoms with Crippen LogP contribution in [0, 0.1) is 5.92 Å². The third kappa shape index (κ3) is 4.01. The van der Waals surface area contributed by atoms with Gasteiger partial charge in [0.2, 0.25) is 11.8 Å². The minimum Gasteiger partial charge on any atom is -0.477 e. The van der Waals surface area contributed by atoms with Gasteiger partial charge in [-0.15, -0.1) is 0 Å². The molecule has 134 valence electrons. The van der Waals surface area contributed by atoms with Crippen molar-refractivity contribution in [3.05, 3.63) is 23.6 Å². The third-order valence-electron chi connectivity index (χ3n) is 3.82. The van der Waals surface area contributed by atoms with Crippen molar-refractivity contribution >= 4 is 34.3 Å². The van der Waals surface area contributed by atoms with Crippen molar-refractivity contribution in [3.8, 4) is 5.88 Å². The molecular formula is C15H20ClN7O2. The Morgan fingerprint density at radius 2 is 2.24 bits per heavy atom. The maximum atomic E-state index is 7.00. The lowest BCUT2D eigenvalue weighted by Crippen LogP contribution is -2.16. The number of H-pyrrole nitrogens is 2. The quantitative estimate of drug-likeness (QED) is 0.466. The number of fused-ring (bicyclic) bond motifs is 1. The first-order valence-corrected chi connectivity index (χ1v) is 8.26. The third-order valence-corrected chi connectivity index (χ3v) is 4.12. The summed E-state index contributed by atoms with van der Waals surface area (Å²) < 4.78 is 5.94. The number of hydrogen-bond acceptors (Lipinski definition) is 7. The Labute approximate surface area is 149 Å². The number of anilines is 2. The fourth-order valence-corrected chi connectivity index (χ4v) is 2.85. The Kier molecular flexibility index (Phi) is 5.69. The summed E-state index contributed by atoms with van der Waals surface area (Å²) in [5, 5.41) is 21.3. The van der Waals surface area contributed by atoms with Crippen LogP contribution in [-0.4, -0.2) is 57.1 Å². The van der Waals surface area contributed by atoms with Gasteiger partial charge in [-0.3, -0.25) is 5.10 Å². The molecule has 0 radical (unpaired) electrons. The number of nitrogens with zero attached hydrogens (tertiary/aromatic N) is 3. The highest BCUT2D eigenvalue weighted by molar-refractivity contribution is 6.35. The number of ether oxygens (including phenoxy) is 1. The molecule has 1 unspecified atom stereocenters. The number of aromatic amines is 2. The van der Waals surface area contributed by atoms with Gasteiger partial charge in [0.05, 0.1) is 28.9 Å². The molecule has 3 aromatic heterocycles. The standard InChI is InChI=1S/C14H16ClN7O.CH4O/c15-10-6-17-12-11(10)13(23-7-8-1-2-16-3-8)22-14(21-12)20-9-4-18-19-5-9;1-2/h4-6,8,16H,1-3,7H2,(H,18,19)(H2,17,20,21,22);2H,1H3. The molecule has 1 aliphatic rings. The molecule has 0 bridgehead atoms. The Morgan fingerprint density at radius 3 is 2.96 bits per heavy atom.